The molecule has 6 heteroatoms. The largest absolute Gasteiger partial charge is 0.496 e. The fourth-order valence-corrected chi connectivity index (χ4v) is 4.93. The van der Waals surface area contributed by atoms with Crippen LogP contribution >= 0.6 is 0 Å². The summed E-state index contributed by atoms with van der Waals surface area (Å²) in [6.07, 6.45) is 4.05. The summed E-state index contributed by atoms with van der Waals surface area (Å²) in [6.45, 7) is 0.767. The number of ether oxygens (including phenoxy) is 1. The van der Waals surface area contributed by atoms with E-state index in [1.165, 1.54) is 0 Å². The Morgan fingerprint density at radius 1 is 1.03 bits per heavy atom. The third-order valence-electron chi connectivity index (χ3n) is 6.38. The summed E-state index contributed by atoms with van der Waals surface area (Å²) in [5.41, 5.74) is 2.15. The molecule has 6 nitrogen and oxygen atoms in total. The molecule has 2 aliphatic rings. The van der Waals surface area contributed by atoms with Gasteiger partial charge in [-0.25, -0.2) is 0 Å². The number of methoxy groups -OCH3 is 1. The molecule has 1 amide bonds. The monoisotopic (exact) mass is 402 g/mol. The van der Waals surface area contributed by atoms with Gasteiger partial charge in [0.25, 0.3) is 0 Å². The molecule has 0 radical (unpaired) electrons. The number of hydrogen-bond donors (Lipinski definition) is 0. The van der Waals surface area contributed by atoms with E-state index in [1.54, 1.807) is 7.11 Å². The van der Waals surface area contributed by atoms with Crippen LogP contribution in [0.3, 0.4) is 0 Å². The number of benzene rings is 2. The summed E-state index contributed by atoms with van der Waals surface area (Å²) >= 11 is 0. The van der Waals surface area contributed by atoms with Gasteiger partial charge in [-0.15, -0.1) is 10.2 Å². The number of aryl methyl sites for hydroxylation is 1. The highest BCUT2D eigenvalue weighted by Crippen LogP contribution is 2.34. The van der Waals surface area contributed by atoms with Crippen LogP contribution in [0.4, 0.5) is 0 Å². The van der Waals surface area contributed by atoms with Crippen LogP contribution in [-0.2, 0) is 24.2 Å². The minimum Gasteiger partial charge on any atom is -0.496 e. The summed E-state index contributed by atoms with van der Waals surface area (Å²) in [6, 6.07) is 18.5. The number of fused-ring (bicyclic) bond motifs is 3. The Kier molecular flexibility index (Phi) is 4.99. The molecule has 1 fully saturated rings. The van der Waals surface area contributed by atoms with Gasteiger partial charge in [-0.3, -0.25) is 4.79 Å². The molecule has 3 aromatic rings. The second kappa shape index (κ2) is 7.94. The highest BCUT2D eigenvalue weighted by atomic mass is 16.5. The predicted octanol–water partition coefficient (Wildman–Crippen LogP) is 3.50. The number of amides is 1. The summed E-state index contributed by atoms with van der Waals surface area (Å²) in [4.78, 5) is 15.4. The average Bonchev–Trinajstić information content (AvgIpc) is 3.32. The molecule has 1 saturated heterocycles. The van der Waals surface area contributed by atoms with Crippen LogP contribution in [0.25, 0.3) is 11.4 Å². The first kappa shape index (κ1) is 18.9. The summed E-state index contributed by atoms with van der Waals surface area (Å²) in [5, 5.41) is 8.95. The van der Waals surface area contributed by atoms with Crippen LogP contribution in [0.5, 0.6) is 5.75 Å². The van der Waals surface area contributed by atoms with Gasteiger partial charge in [-0.05, 0) is 30.9 Å². The molecule has 2 unspecified atom stereocenters. The molecule has 2 atom stereocenters. The van der Waals surface area contributed by atoms with Crippen LogP contribution in [0, 0.1) is 0 Å². The van der Waals surface area contributed by atoms with E-state index >= 15 is 0 Å². The quantitative estimate of drug-likeness (QED) is 0.655. The van der Waals surface area contributed by atoms with Crippen molar-refractivity contribution in [2.24, 2.45) is 0 Å². The Morgan fingerprint density at radius 3 is 2.63 bits per heavy atom. The van der Waals surface area contributed by atoms with Gasteiger partial charge in [0.05, 0.1) is 13.2 Å². The molecule has 2 aromatic carbocycles. The summed E-state index contributed by atoms with van der Waals surface area (Å²) in [7, 11) is 1.68. The van der Waals surface area contributed by atoms with E-state index in [1.807, 2.05) is 42.5 Å². The molecule has 0 spiro atoms. The van der Waals surface area contributed by atoms with E-state index in [2.05, 4.69) is 31.8 Å². The lowest BCUT2D eigenvalue weighted by Crippen LogP contribution is -2.42. The van der Waals surface area contributed by atoms with Gasteiger partial charge in [0.2, 0.25) is 5.91 Å². The van der Waals surface area contributed by atoms with Crippen molar-refractivity contribution in [1.29, 1.82) is 0 Å². The van der Waals surface area contributed by atoms with Crippen molar-refractivity contribution in [3.8, 4) is 17.1 Å². The van der Waals surface area contributed by atoms with Gasteiger partial charge in [-0.2, -0.15) is 0 Å². The Labute approximate surface area is 176 Å². The molecular weight excluding hydrogens is 376 g/mol. The second-order valence-corrected chi connectivity index (χ2v) is 8.12. The fraction of sp³-hybridized carbons (Fsp3) is 0.375. The average molecular weight is 402 g/mol. The standard InChI is InChI=1S/C24H26N4O2/c1-30-21-10-6-5-7-17(21)11-14-23(29)28-19-12-13-20(28)16-27-22(15-19)25-26-24(27)18-8-3-2-4-9-18/h2-10,19-20H,11-16H2,1H3. The highest BCUT2D eigenvalue weighted by molar-refractivity contribution is 5.77. The number of hydrogen-bond acceptors (Lipinski definition) is 4. The summed E-state index contributed by atoms with van der Waals surface area (Å²) < 4.78 is 7.66. The second-order valence-electron chi connectivity index (χ2n) is 8.12. The Morgan fingerprint density at radius 2 is 1.80 bits per heavy atom. The summed E-state index contributed by atoms with van der Waals surface area (Å²) in [5.74, 6) is 2.97. The van der Waals surface area contributed by atoms with E-state index in [9.17, 15) is 4.79 Å². The van der Waals surface area contributed by atoms with Gasteiger partial charge in [0.1, 0.15) is 11.6 Å². The number of carbonyl (C=O) groups excluding carboxylic acids is 1. The van der Waals surface area contributed by atoms with E-state index in [0.29, 0.717) is 12.8 Å². The number of carbonyl (C=O) groups is 1. The first-order valence-electron chi connectivity index (χ1n) is 10.6. The molecule has 5 rings (SSSR count). The lowest BCUT2D eigenvalue weighted by atomic mass is 10.1. The number of aromatic nitrogens is 3. The van der Waals surface area contributed by atoms with Gasteiger partial charge < -0.3 is 14.2 Å². The molecule has 0 N–H and O–H groups in total. The lowest BCUT2D eigenvalue weighted by molar-refractivity contribution is -0.134. The highest BCUT2D eigenvalue weighted by Gasteiger charge is 2.40. The van der Waals surface area contributed by atoms with Crippen LogP contribution in [0.15, 0.2) is 54.6 Å². The predicted molar refractivity (Wildman–Crippen MR) is 114 cm³/mol. The van der Waals surface area contributed by atoms with Crippen molar-refractivity contribution < 1.29 is 9.53 Å². The van der Waals surface area contributed by atoms with Crippen molar-refractivity contribution >= 4 is 5.91 Å². The zero-order valence-corrected chi connectivity index (χ0v) is 17.2. The molecule has 154 valence electrons. The topological polar surface area (TPSA) is 60.2 Å². The zero-order valence-electron chi connectivity index (χ0n) is 17.2. The Balaban J connectivity index is 1.34. The van der Waals surface area contributed by atoms with Gasteiger partial charge in [0.15, 0.2) is 5.82 Å². The third-order valence-corrected chi connectivity index (χ3v) is 6.38. The zero-order chi connectivity index (χ0) is 20.5. The third kappa shape index (κ3) is 3.36. The number of rotatable bonds is 5. The maximum absolute atomic E-state index is 13.3. The molecule has 30 heavy (non-hydrogen) atoms. The van der Waals surface area contributed by atoms with Crippen molar-refractivity contribution in [3.05, 3.63) is 66.0 Å². The molecule has 3 heterocycles. The first-order chi connectivity index (χ1) is 14.7. The van der Waals surface area contributed by atoms with Gasteiger partial charge in [0, 0.05) is 31.0 Å². The minimum atomic E-state index is 0.208. The number of para-hydroxylation sites is 1. The maximum atomic E-state index is 13.3. The van der Waals surface area contributed by atoms with Gasteiger partial charge >= 0.3 is 0 Å². The minimum absolute atomic E-state index is 0.208. The lowest BCUT2D eigenvalue weighted by Gasteiger charge is -2.28. The molecule has 2 aliphatic heterocycles. The Bertz CT molecular complexity index is 1050. The van der Waals surface area contributed by atoms with Crippen LogP contribution < -0.4 is 4.74 Å². The van der Waals surface area contributed by atoms with Gasteiger partial charge in [-0.1, -0.05) is 48.5 Å². The first-order valence-corrected chi connectivity index (χ1v) is 10.6. The van der Waals surface area contributed by atoms with Crippen molar-refractivity contribution in [3.63, 3.8) is 0 Å². The normalized spacial score (nSPS) is 20.0. The molecule has 0 saturated carbocycles. The molecule has 2 bridgehead atoms. The van der Waals surface area contributed by atoms with E-state index < -0.39 is 0 Å². The number of nitrogens with zero attached hydrogens (tertiary/aromatic N) is 4. The van der Waals surface area contributed by atoms with E-state index in [-0.39, 0.29) is 18.0 Å². The van der Waals surface area contributed by atoms with Crippen LogP contribution in [-0.4, -0.2) is 44.8 Å². The Hall–Kier alpha value is -3.15. The van der Waals surface area contributed by atoms with Crippen LogP contribution in [0.2, 0.25) is 0 Å². The van der Waals surface area contributed by atoms with E-state index in [0.717, 1.165) is 54.3 Å². The maximum Gasteiger partial charge on any atom is 0.223 e. The van der Waals surface area contributed by atoms with E-state index in [4.69, 9.17) is 4.74 Å². The van der Waals surface area contributed by atoms with Crippen molar-refractivity contribution in [2.45, 2.75) is 50.7 Å². The molecular formula is C24H26N4O2. The van der Waals surface area contributed by atoms with Crippen molar-refractivity contribution in [1.82, 2.24) is 19.7 Å². The smallest absolute Gasteiger partial charge is 0.223 e. The molecule has 0 aliphatic carbocycles. The SMILES string of the molecule is COc1ccccc1CCC(=O)N1C2CCC1Cn1c(nnc1-c1ccccc1)C2. The fourth-order valence-electron chi connectivity index (χ4n) is 4.93. The van der Waals surface area contributed by atoms with Crippen LogP contribution in [0.1, 0.15) is 30.7 Å². The van der Waals surface area contributed by atoms with Crippen molar-refractivity contribution in [2.75, 3.05) is 7.11 Å². The molecule has 1 aromatic heterocycles.